The van der Waals surface area contributed by atoms with Crippen molar-refractivity contribution in [1.29, 1.82) is 0 Å². The molecular formula is C18H19F3N4OS2. The van der Waals surface area contributed by atoms with Crippen LogP contribution in [-0.2, 0) is 4.79 Å². The first-order chi connectivity index (χ1) is 13.2. The van der Waals surface area contributed by atoms with Crippen molar-refractivity contribution in [2.45, 2.75) is 38.9 Å². The van der Waals surface area contributed by atoms with Gasteiger partial charge in [-0.3, -0.25) is 9.69 Å². The molecule has 2 rings (SSSR count). The molecule has 10 heteroatoms. The first kappa shape index (κ1) is 22.2. The lowest BCUT2D eigenvalue weighted by Gasteiger charge is -2.25. The molecule has 0 saturated heterocycles. The van der Waals surface area contributed by atoms with Crippen LogP contribution in [0.25, 0.3) is 10.6 Å². The zero-order chi connectivity index (χ0) is 20.7. The van der Waals surface area contributed by atoms with Gasteiger partial charge < -0.3 is 0 Å². The predicted molar refractivity (Wildman–Crippen MR) is 106 cm³/mol. The second kappa shape index (κ2) is 9.89. The normalized spacial score (nSPS) is 12.4. The van der Waals surface area contributed by atoms with Gasteiger partial charge >= 0.3 is 6.18 Å². The Kier molecular flexibility index (Phi) is 7.83. The molecule has 0 spiro atoms. The summed E-state index contributed by atoms with van der Waals surface area (Å²) < 4.78 is 36.6. The van der Waals surface area contributed by atoms with Crippen LogP contribution in [-0.4, -0.2) is 44.6 Å². The Morgan fingerprint density at radius 2 is 2.04 bits per heavy atom. The van der Waals surface area contributed by atoms with E-state index in [-0.39, 0.29) is 18.1 Å². The number of aromatic nitrogens is 3. The molecule has 2 aromatic heterocycles. The number of aryl methyl sites for hydroxylation is 1. The van der Waals surface area contributed by atoms with Gasteiger partial charge in [0.1, 0.15) is 16.3 Å². The van der Waals surface area contributed by atoms with Gasteiger partial charge in [-0.25, -0.2) is 15.0 Å². The summed E-state index contributed by atoms with van der Waals surface area (Å²) in [7, 11) is 0. The van der Waals surface area contributed by atoms with E-state index < -0.39 is 18.6 Å². The number of nitrogens with zero attached hydrogens (tertiary/aromatic N) is 4. The molecule has 0 radical (unpaired) electrons. The lowest BCUT2D eigenvalue weighted by molar-refractivity contribution is -0.129. The minimum absolute atomic E-state index is 0.0702. The van der Waals surface area contributed by atoms with Gasteiger partial charge in [0.25, 0.3) is 0 Å². The van der Waals surface area contributed by atoms with Gasteiger partial charge in [0.05, 0.1) is 18.2 Å². The van der Waals surface area contributed by atoms with Gasteiger partial charge in [-0.1, -0.05) is 17.3 Å². The Morgan fingerprint density at radius 1 is 1.36 bits per heavy atom. The molecule has 0 fully saturated rings. The molecule has 0 aromatic carbocycles. The number of hydrogen-bond donors (Lipinski definition) is 0. The number of rotatable bonds is 8. The number of thiazole rings is 1. The molecule has 2 heterocycles. The van der Waals surface area contributed by atoms with Crippen molar-refractivity contribution in [2.75, 3.05) is 16.4 Å². The van der Waals surface area contributed by atoms with E-state index in [1.54, 1.807) is 26.2 Å². The van der Waals surface area contributed by atoms with Crippen molar-refractivity contribution >= 4 is 34.0 Å². The van der Waals surface area contributed by atoms with Crippen LogP contribution in [0.5, 0.6) is 0 Å². The van der Waals surface area contributed by atoms with Crippen LogP contribution in [0.1, 0.15) is 25.5 Å². The van der Waals surface area contributed by atoms with Gasteiger partial charge in [0.2, 0.25) is 5.91 Å². The Hall–Kier alpha value is -2.12. The smallest absolute Gasteiger partial charge is 0.288 e. The highest BCUT2D eigenvalue weighted by Gasteiger charge is 2.27. The fourth-order valence-electron chi connectivity index (χ4n) is 2.29. The van der Waals surface area contributed by atoms with E-state index in [0.29, 0.717) is 21.5 Å². The lowest BCUT2D eigenvalue weighted by atomic mass is 10.2. The van der Waals surface area contributed by atoms with Crippen LogP contribution < -0.4 is 4.90 Å². The summed E-state index contributed by atoms with van der Waals surface area (Å²) in [6.45, 7) is 3.50. The van der Waals surface area contributed by atoms with Gasteiger partial charge in [-0.05, 0) is 13.8 Å². The minimum atomic E-state index is -4.18. The molecule has 0 aliphatic rings. The molecule has 1 unspecified atom stereocenters. The maximum atomic E-state index is 12.8. The second-order valence-corrected chi connectivity index (χ2v) is 8.07. The van der Waals surface area contributed by atoms with Gasteiger partial charge in [-0.2, -0.15) is 24.9 Å². The number of alkyl halides is 3. The van der Waals surface area contributed by atoms with Crippen LogP contribution >= 0.6 is 23.1 Å². The summed E-state index contributed by atoms with van der Waals surface area (Å²) in [5.41, 5.74) is 1.37. The second-order valence-electron chi connectivity index (χ2n) is 5.87. The highest BCUT2D eigenvalue weighted by Crippen LogP contribution is 2.35. The molecule has 0 N–H and O–H groups in total. The third-order valence-electron chi connectivity index (χ3n) is 3.69. The fraction of sp³-hybridized carbons (Fsp3) is 0.444. The third kappa shape index (κ3) is 6.21. The van der Waals surface area contributed by atoms with Gasteiger partial charge in [0, 0.05) is 35.9 Å². The van der Waals surface area contributed by atoms with Crippen molar-refractivity contribution in [3.8, 4) is 22.9 Å². The number of terminal acetylenes is 1. The zero-order valence-electron chi connectivity index (χ0n) is 15.4. The summed E-state index contributed by atoms with van der Waals surface area (Å²) in [4.78, 5) is 26.7. The third-order valence-corrected chi connectivity index (χ3v) is 5.88. The van der Waals surface area contributed by atoms with Crippen LogP contribution in [0.15, 0.2) is 18.7 Å². The average Bonchev–Trinajstić information content (AvgIpc) is 3.02. The minimum Gasteiger partial charge on any atom is -0.288 e. The van der Waals surface area contributed by atoms with E-state index in [9.17, 15) is 18.0 Å². The van der Waals surface area contributed by atoms with Crippen molar-refractivity contribution in [3.05, 3.63) is 24.4 Å². The molecular weight excluding hydrogens is 409 g/mol. The van der Waals surface area contributed by atoms with Crippen LogP contribution in [0.2, 0.25) is 0 Å². The Balaban J connectivity index is 2.10. The summed E-state index contributed by atoms with van der Waals surface area (Å²) in [5.74, 6) is 2.52. The van der Waals surface area contributed by atoms with E-state index in [0.717, 1.165) is 17.3 Å². The standard InChI is InChI=1S/C18H19F3N4OS2/c1-4-12(2)25(15(26)5-7-27-8-6-18(19,20)21)17-13(3)24-16(28-17)14-9-22-11-23-10-14/h1,9-12H,5-8H2,2-3H3. The largest absolute Gasteiger partial charge is 0.389 e. The van der Waals surface area contributed by atoms with Crippen LogP contribution in [0.4, 0.5) is 18.2 Å². The van der Waals surface area contributed by atoms with Crippen molar-refractivity contribution < 1.29 is 18.0 Å². The molecule has 0 aliphatic carbocycles. The highest BCUT2D eigenvalue weighted by molar-refractivity contribution is 7.99. The van der Waals surface area contributed by atoms with E-state index >= 15 is 0 Å². The van der Waals surface area contributed by atoms with Crippen LogP contribution in [0.3, 0.4) is 0 Å². The number of hydrogen-bond acceptors (Lipinski definition) is 6. The van der Waals surface area contributed by atoms with Crippen LogP contribution in [0, 0.1) is 19.3 Å². The average molecular weight is 429 g/mol. The fourth-order valence-corrected chi connectivity index (χ4v) is 4.33. The molecule has 0 aliphatic heterocycles. The first-order valence-electron chi connectivity index (χ1n) is 8.38. The number of anilines is 1. The molecule has 2 aromatic rings. The molecule has 0 saturated carbocycles. The SMILES string of the molecule is C#CC(C)N(C(=O)CCSCCC(F)(F)F)c1sc(-c2cncnc2)nc1C. The molecule has 1 atom stereocenters. The number of carbonyl (C=O) groups excluding carboxylic acids is 1. The number of amides is 1. The maximum absolute atomic E-state index is 12.8. The van der Waals surface area contributed by atoms with Crippen molar-refractivity contribution in [3.63, 3.8) is 0 Å². The molecule has 5 nitrogen and oxygen atoms in total. The van der Waals surface area contributed by atoms with Crippen molar-refractivity contribution in [2.24, 2.45) is 0 Å². The van der Waals surface area contributed by atoms with E-state index in [1.807, 2.05) is 0 Å². The molecule has 150 valence electrons. The molecule has 0 bridgehead atoms. The molecule has 28 heavy (non-hydrogen) atoms. The zero-order valence-corrected chi connectivity index (χ0v) is 17.0. The summed E-state index contributed by atoms with van der Waals surface area (Å²) in [6.07, 6.45) is 5.24. The highest BCUT2D eigenvalue weighted by atomic mass is 32.2. The van der Waals surface area contributed by atoms with Crippen molar-refractivity contribution in [1.82, 2.24) is 15.0 Å². The Morgan fingerprint density at radius 3 is 2.64 bits per heavy atom. The predicted octanol–water partition coefficient (Wildman–Crippen LogP) is 4.34. The summed E-state index contributed by atoms with van der Waals surface area (Å²) in [6, 6.07) is -0.508. The molecule has 1 amide bonds. The van der Waals surface area contributed by atoms with Gasteiger partial charge in [-0.15, -0.1) is 6.42 Å². The number of thioether (sulfide) groups is 1. The number of halogens is 3. The maximum Gasteiger partial charge on any atom is 0.389 e. The van der Waals surface area contributed by atoms with Gasteiger partial charge in [0.15, 0.2) is 0 Å². The lowest BCUT2D eigenvalue weighted by Crippen LogP contribution is -2.38. The monoisotopic (exact) mass is 428 g/mol. The Labute approximate surface area is 169 Å². The first-order valence-corrected chi connectivity index (χ1v) is 10.4. The topological polar surface area (TPSA) is 59.0 Å². The summed E-state index contributed by atoms with van der Waals surface area (Å²) >= 11 is 2.40. The van der Waals surface area contributed by atoms with E-state index in [2.05, 4.69) is 20.9 Å². The Bertz CT molecular complexity index is 834. The quantitative estimate of drug-likeness (QED) is 0.462. The number of carbonyl (C=O) groups is 1. The van der Waals surface area contributed by atoms with E-state index in [1.165, 1.54) is 22.6 Å². The van der Waals surface area contributed by atoms with E-state index in [4.69, 9.17) is 6.42 Å². The summed E-state index contributed by atoms with van der Waals surface area (Å²) in [5, 5.41) is 1.28.